The van der Waals surface area contributed by atoms with Crippen LogP contribution in [0.15, 0.2) is 4.99 Å². The van der Waals surface area contributed by atoms with Crippen LogP contribution in [0.4, 0.5) is 0 Å². The molecule has 0 radical (unpaired) electrons. The number of ether oxygens (including phenoxy) is 2. The fraction of sp³-hybridized carbons (Fsp3) is 0.867. The fourth-order valence-corrected chi connectivity index (χ4v) is 1.56. The third-order valence-electron chi connectivity index (χ3n) is 3.09. The van der Waals surface area contributed by atoms with Gasteiger partial charge in [0.2, 0.25) is 0 Å². The summed E-state index contributed by atoms with van der Waals surface area (Å²) in [6.07, 6.45) is 3.34. The van der Waals surface area contributed by atoms with Crippen LogP contribution in [0.5, 0.6) is 0 Å². The lowest BCUT2D eigenvalue weighted by atomic mass is 10.1. The molecule has 132 valence electrons. The Balaban J connectivity index is 0. The first-order valence-electron chi connectivity index (χ1n) is 7.59. The number of carbonyl (C=O) groups is 1. The van der Waals surface area contributed by atoms with Crippen molar-refractivity contribution in [1.29, 1.82) is 0 Å². The number of hydrogen-bond donors (Lipinski definition) is 2. The summed E-state index contributed by atoms with van der Waals surface area (Å²) in [5, 5.41) is 6.49. The van der Waals surface area contributed by atoms with E-state index in [1.807, 2.05) is 20.8 Å². The van der Waals surface area contributed by atoms with Gasteiger partial charge in [0.25, 0.3) is 0 Å². The van der Waals surface area contributed by atoms with Gasteiger partial charge in [-0.15, -0.1) is 24.0 Å². The number of esters is 1. The van der Waals surface area contributed by atoms with Gasteiger partial charge in [-0.1, -0.05) is 6.42 Å². The van der Waals surface area contributed by atoms with Crippen LogP contribution in [-0.2, 0) is 14.3 Å². The Bertz CT molecular complexity index is 323. The molecule has 0 saturated heterocycles. The van der Waals surface area contributed by atoms with Gasteiger partial charge in [-0.25, -0.2) is 0 Å². The molecule has 6 nitrogen and oxygen atoms in total. The van der Waals surface area contributed by atoms with Gasteiger partial charge in [0.1, 0.15) is 0 Å². The highest BCUT2D eigenvalue weighted by atomic mass is 127. The zero-order chi connectivity index (χ0) is 16.1. The Labute approximate surface area is 151 Å². The molecule has 0 aromatic carbocycles. The van der Waals surface area contributed by atoms with E-state index in [9.17, 15) is 4.79 Å². The Morgan fingerprint density at radius 3 is 2.36 bits per heavy atom. The van der Waals surface area contributed by atoms with E-state index in [1.165, 1.54) is 7.11 Å². The van der Waals surface area contributed by atoms with Crippen LogP contribution in [0.3, 0.4) is 0 Å². The zero-order valence-electron chi connectivity index (χ0n) is 14.5. The third kappa shape index (κ3) is 13.1. The first kappa shape index (κ1) is 23.7. The fourth-order valence-electron chi connectivity index (χ4n) is 1.56. The number of methoxy groups -OCH3 is 2. The van der Waals surface area contributed by atoms with Crippen LogP contribution in [0, 0.1) is 0 Å². The van der Waals surface area contributed by atoms with Crippen LogP contribution in [0.2, 0.25) is 0 Å². The summed E-state index contributed by atoms with van der Waals surface area (Å²) < 4.78 is 9.96. The molecule has 0 aromatic rings. The Hall–Kier alpha value is -0.570. The molecule has 22 heavy (non-hydrogen) atoms. The highest BCUT2D eigenvalue weighted by Gasteiger charge is 2.15. The SMILES string of the molecule is CCNC(=NCC(C)(C)OC)NCCCCCC(=O)OC.I. The monoisotopic (exact) mass is 429 g/mol. The number of rotatable bonds is 10. The molecule has 0 unspecified atom stereocenters. The lowest BCUT2D eigenvalue weighted by Gasteiger charge is -2.21. The average molecular weight is 429 g/mol. The summed E-state index contributed by atoms with van der Waals surface area (Å²) >= 11 is 0. The molecule has 0 aliphatic carbocycles. The number of guanidine groups is 1. The largest absolute Gasteiger partial charge is 0.469 e. The van der Waals surface area contributed by atoms with Crippen molar-refractivity contribution in [3.63, 3.8) is 0 Å². The molecule has 0 bridgehead atoms. The normalized spacial score (nSPS) is 11.6. The number of aliphatic imine (C=N–C) groups is 1. The molecule has 0 fully saturated rings. The van der Waals surface area contributed by atoms with E-state index >= 15 is 0 Å². The second kappa shape index (κ2) is 14.0. The molecule has 0 aromatic heterocycles. The minimum atomic E-state index is -0.261. The maximum absolute atomic E-state index is 11.0. The van der Waals surface area contributed by atoms with Gasteiger partial charge in [-0.05, 0) is 33.6 Å². The molecule has 0 amide bonds. The number of unbranched alkanes of at least 4 members (excludes halogenated alkanes) is 2. The van der Waals surface area contributed by atoms with E-state index in [4.69, 9.17) is 4.74 Å². The first-order chi connectivity index (χ1) is 9.95. The average Bonchev–Trinajstić information content (AvgIpc) is 2.47. The van der Waals surface area contributed by atoms with Gasteiger partial charge in [-0.3, -0.25) is 9.79 Å². The summed E-state index contributed by atoms with van der Waals surface area (Å²) in [7, 11) is 3.11. The lowest BCUT2D eigenvalue weighted by Crippen LogP contribution is -2.39. The van der Waals surface area contributed by atoms with E-state index in [1.54, 1.807) is 7.11 Å². The highest BCUT2D eigenvalue weighted by Crippen LogP contribution is 2.07. The van der Waals surface area contributed by atoms with E-state index in [0.717, 1.165) is 38.3 Å². The van der Waals surface area contributed by atoms with Gasteiger partial charge >= 0.3 is 5.97 Å². The smallest absolute Gasteiger partial charge is 0.305 e. The molecule has 0 atom stereocenters. The quantitative estimate of drug-likeness (QED) is 0.183. The molecule has 0 heterocycles. The molecule has 7 heteroatoms. The number of nitrogens with zero attached hydrogens (tertiary/aromatic N) is 1. The second-order valence-electron chi connectivity index (χ2n) is 5.47. The van der Waals surface area contributed by atoms with E-state index in [2.05, 4.69) is 20.4 Å². The summed E-state index contributed by atoms with van der Waals surface area (Å²) in [4.78, 5) is 15.5. The van der Waals surface area contributed by atoms with Crippen molar-refractivity contribution in [2.75, 3.05) is 33.9 Å². The van der Waals surface area contributed by atoms with Crippen LogP contribution < -0.4 is 10.6 Å². The third-order valence-corrected chi connectivity index (χ3v) is 3.09. The summed E-state index contributed by atoms with van der Waals surface area (Å²) in [6.45, 7) is 8.30. The van der Waals surface area contributed by atoms with Crippen molar-refractivity contribution in [1.82, 2.24) is 10.6 Å². The van der Waals surface area contributed by atoms with Crippen LogP contribution >= 0.6 is 24.0 Å². The minimum absolute atomic E-state index is 0. The maximum atomic E-state index is 11.0. The second-order valence-corrected chi connectivity index (χ2v) is 5.47. The van der Waals surface area contributed by atoms with Crippen molar-refractivity contribution >= 4 is 35.9 Å². The Morgan fingerprint density at radius 2 is 1.82 bits per heavy atom. The van der Waals surface area contributed by atoms with E-state index < -0.39 is 0 Å². The van der Waals surface area contributed by atoms with Crippen LogP contribution in [0.25, 0.3) is 0 Å². The van der Waals surface area contributed by atoms with Crippen molar-refractivity contribution in [2.45, 2.75) is 52.1 Å². The summed E-state index contributed by atoms with van der Waals surface area (Å²) in [5.41, 5.74) is -0.261. The van der Waals surface area contributed by atoms with Crippen molar-refractivity contribution in [3.8, 4) is 0 Å². The minimum Gasteiger partial charge on any atom is -0.469 e. The Kier molecular flexibility index (Phi) is 15.1. The van der Waals surface area contributed by atoms with Gasteiger partial charge in [0.05, 0.1) is 19.3 Å². The van der Waals surface area contributed by atoms with Crippen LogP contribution in [0.1, 0.15) is 46.5 Å². The van der Waals surface area contributed by atoms with E-state index in [-0.39, 0.29) is 35.5 Å². The van der Waals surface area contributed by atoms with Gasteiger partial charge in [0.15, 0.2) is 5.96 Å². The molecule has 0 spiro atoms. The molecule has 0 saturated carbocycles. The van der Waals surface area contributed by atoms with Crippen molar-refractivity contribution in [3.05, 3.63) is 0 Å². The molecular formula is C15H32IN3O3. The summed E-state index contributed by atoms with van der Waals surface area (Å²) in [5.74, 6) is 0.662. The summed E-state index contributed by atoms with van der Waals surface area (Å²) in [6, 6.07) is 0. The molecule has 0 aliphatic heterocycles. The Morgan fingerprint density at radius 1 is 1.14 bits per heavy atom. The number of nitrogens with one attached hydrogen (secondary N) is 2. The van der Waals surface area contributed by atoms with Crippen molar-refractivity contribution < 1.29 is 14.3 Å². The lowest BCUT2D eigenvalue weighted by molar-refractivity contribution is -0.140. The highest BCUT2D eigenvalue weighted by molar-refractivity contribution is 14.0. The van der Waals surface area contributed by atoms with Gasteiger partial charge in [-0.2, -0.15) is 0 Å². The van der Waals surface area contributed by atoms with Gasteiger partial charge in [0, 0.05) is 26.6 Å². The molecule has 2 N–H and O–H groups in total. The topological polar surface area (TPSA) is 72.0 Å². The van der Waals surface area contributed by atoms with Gasteiger partial charge < -0.3 is 20.1 Å². The molecule has 0 rings (SSSR count). The molecular weight excluding hydrogens is 397 g/mol. The zero-order valence-corrected chi connectivity index (χ0v) is 16.9. The van der Waals surface area contributed by atoms with Crippen LogP contribution in [-0.4, -0.2) is 51.4 Å². The molecule has 0 aliphatic rings. The van der Waals surface area contributed by atoms with Crippen molar-refractivity contribution in [2.24, 2.45) is 4.99 Å². The first-order valence-corrected chi connectivity index (χ1v) is 7.59. The number of carbonyl (C=O) groups excluding carboxylic acids is 1. The van der Waals surface area contributed by atoms with E-state index in [0.29, 0.717) is 13.0 Å². The predicted octanol–water partition coefficient (Wildman–Crippen LogP) is 2.32. The number of halogens is 1. The predicted molar refractivity (Wildman–Crippen MR) is 101 cm³/mol. The number of hydrogen-bond acceptors (Lipinski definition) is 4. The maximum Gasteiger partial charge on any atom is 0.305 e. The standard InChI is InChI=1S/C15H31N3O3.HI/c1-6-16-14(18-12-15(2,3)21-5)17-11-9-7-8-10-13(19)20-4;/h6-12H2,1-5H3,(H2,16,17,18);1H.